The van der Waals surface area contributed by atoms with Gasteiger partial charge in [0.2, 0.25) is 11.8 Å². The third kappa shape index (κ3) is 5.38. The molecule has 12 nitrogen and oxygen atoms in total. The fourth-order valence-corrected chi connectivity index (χ4v) is 4.14. The van der Waals surface area contributed by atoms with Gasteiger partial charge in [-0.3, -0.25) is 14.6 Å². The number of aromatic nitrogens is 6. The van der Waals surface area contributed by atoms with E-state index in [1.165, 1.54) is 6.20 Å². The van der Waals surface area contributed by atoms with Gasteiger partial charge in [0.25, 0.3) is 11.4 Å². The molecule has 1 atom stereocenters. The van der Waals surface area contributed by atoms with Crippen LogP contribution in [0.25, 0.3) is 22.4 Å². The van der Waals surface area contributed by atoms with Crippen LogP contribution in [-0.4, -0.2) is 46.7 Å². The molecule has 0 aliphatic rings. The lowest BCUT2D eigenvalue weighted by molar-refractivity contribution is 0.0661. The number of H-pyrrole nitrogens is 1. The zero-order valence-electron chi connectivity index (χ0n) is 22.0. The average Bonchev–Trinajstić information content (AvgIpc) is 3.53. The highest BCUT2D eigenvalue weighted by Crippen LogP contribution is 2.31. The minimum atomic E-state index is -1.30. The minimum Gasteiger partial charge on any atom is -0.394 e. The van der Waals surface area contributed by atoms with E-state index in [1.54, 1.807) is 30.7 Å². The monoisotopic (exact) mass is 530 g/mol. The van der Waals surface area contributed by atoms with E-state index >= 15 is 0 Å². The molecule has 3 aromatic heterocycles. The van der Waals surface area contributed by atoms with Crippen LogP contribution in [0, 0.1) is 0 Å². The minimum absolute atomic E-state index is 0.0633. The summed E-state index contributed by atoms with van der Waals surface area (Å²) in [4.78, 5) is 25.7. The Hall–Kier alpha value is -4.55. The van der Waals surface area contributed by atoms with Crippen molar-refractivity contribution in [3.05, 3.63) is 76.5 Å². The molecule has 5 aromatic rings. The van der Waals surface area contributed by atoms with Gasteiger partial charge >= 0.3 is 0 Å². The average molecular weight is 531 g/mol. The summed E-state index contributed by atoms with van der Waals surface area (Å²) in [6, 6.07) is 14.4. The third-order valence-corrected chi connectivity index (χ3v) is 6.18. The summed E-state index contributed by atoms with van der Waals surface area (Å²) in [5, 5.41) is 34.2. The number of fused-ring (bicyclic) bond motifs is 1. The van der Waals surface area contributed by atoms with E-state index in [0.717, 1.165) is 11.1 Å². The van der Waals surface area contributed by atoms with Gasteiger partial charge < -0.3 is 25.4 Å². The van der Waals surface area contributed by atoms with Crippen molar-refractivity contribution < 1.29 is 14.7 Å². The zero-order valence-corrected chi connectivity index (χ0v) is 22.0. The number of benzene rings is 2. The normalized spacial score (nSPS) is 12.7. The van der Waals surface area contributed by atoms with Gasteiger partial charge in [-0.1, -0.05) is 35.5 Å². The molecule has 0 fully saturated rings. The lowest BCUT2D eigenvalue weighted by Crippen LogP contribution is -2.18. The molecule has 0 spiro atoms. The van der Waals surface area contributed by atoms with Gasteiger partial charge in [-0.25, -0.2) is 4.98 Å². The molecule has 39 heavy (non-hydrogen) atoms. The van der Waals surface area contributed by atoms with Crippen molar-refractivity contribution in [1.29, 1.82) is 0 Å². The van der Waals surface area contributed by atoms with Crippen LogP contribution in [0.5, 0.6) is 0 Å². The molecule has 12 heteroatoms. The van der Waals surface area contributed by atoms with E-state index in [1.807, 2.05) is 50.2 Å². The summed E-state index contributed by atoms with van der Waals surface area (Å²) in [5.74, 6) is 0.828. The Balaban J connectivity index is 1.54. The SMILES string of the molecule is CC(C)n1[nH]c(=O)c2ccc(Nc3ncc(-c4nc(C(C)(C)O)no4)c(N[C@H](CO)c4ccccc4)n3)cc21. The number of rotatable bonds is 9. The number of hydrogen-bond acceptors (Lipinski definition) is 10. The Kier molecular flexibility index (Phi) is 6.89. The summed E-state index contributed by atoms with van der Waals surface area (Å²) in [7, 11) is 0. The molecule has 0 radical (unpaired) electrons. The van der Waals surface area contributed by atoms with E-state index in [2.05, 4.69) is 35.8 Å². The maximum Gasteiger partial charge on any atom is 0.271 e. The maximum absolute atomic E-state index is 12.3. The predicted octanol–water partition coefficient (Wildman–Crippen LogP) is 3.87. The first-order valence-electron chi connectivity index (χ1n) is 12.5. The van der Waals surface area contributed by atoms with Crippen molar-refractivity contribution in [3.63, 3.8) is 0 Å². The van der Waals surface area contributed by atoms with Gasteiger partial charge in [-0.05, 0) is 51.5 Å². The standard InChI is InChI=1S/C27H30N8O4/c1-15(2)35-21-12-17(10-11-18(21)23(37)33-35)29-26-28-13-19(24-32-25(34-39-24)27(3,4)38)22(31-26)30-20(14-36)16-8-6-5-7-9-16/h5-13,15,20,36,38H,14H2,1-4H3,(H,33,37)(H2,28,29,30,31)/t20-/m1/s1. The molecule has 5 N–H and O–H groups in total. The number of nitrogens with one attached hydrogen (secondary N) is 3. The van der Waals surface area contributed by atoms with Crippen LogP contribution in [0.15, 0.2) is 64.0 Å². The van der Waals surface area contributed by atoms with Gasteiger partial charge in [0.15, 0.2) is 0 Å². The Morgan fingerprint density at radius 2 is 1.90 bits per heavy atom. The number of anilines is 3. The van der Waals surface area contributed by atoms with Gasteiger partial charge in [-0.2, -0.15) is 9.97 Å². The molecule has 0 unspecified atom stereocenters. The Labute approximate surface area is 223 Å². The molecule has 2 aromatic carbocycles. The summed E-state index contributed by atoms with van der Waals surface area (Å²) >= 11 is 0. The molecule has 202 valence electrons. The van der Waals surface area contributed by atoms with Gasteiger partial charge in [0, 0.05) is 17.9 Å². The predicted molar refractivity (Wildman–Crippen MR) is 147 cm³/mol. The van der Waals surface area contributed by atoms with Crippen molar-refractivity contribution in [2.24, 2.45) is 0 Å². The quantitative estimate of drug-likeness (QED) is 0.189. The second kappa shape index (κ2) is 10.3. The smallest absolute Gasteiger partial charge is 0.271 e. The van der Waals surface area contributed by atoms with Gasteiger partial charge in [0.05, 0.1) is 23.6 Å². The highest BCUT2D eigenvalue weighted by atomic mass is 16.5. The topological polar surface area (TPSA) is 167 Å². The zero-order chi connectivity index (χ0) is 27.7. The van der Waals surface area contributed by atoms with Crippen LogP contribution < -0.4 is 16.2 Å². The van der Waals surface area contributed by atoms with Crippen molar-refractivity contribution in [2.75, 3.05) is 17.2 Å². The van der Waals surface area contributed by atoms with E-state index in [9.17, 15) is 15.0 Å². The molecule has 0 saturated heterocycles. The summed E-state index contributed by atoms with van der Waals surface area (Å²) in [6.07, 6.45) is 1.53. The van der Waals surface area contributed by atoms with Crippen molar-refractivity contribution >= 4 is 28.4 Å². The number of hydrogen-bond donors (Lipinski definition) is 5. The molecule has 0 aliphatic heterocycles. The van der Waals surface area contributed by atoms with Crippen LogP contribution in [0.4, 0.5) is 17.5 Å². The molecule has 3 heterocycles. The molecular formula is C27H30N8O4. The molecule has 0 aliphatic carbocycles. The highest BCUT2D eigenvalue weighted by Gasteiger charge is 2.26. The Morgan fingerprint density at radius 3 is 2.56 bits per heavy atom. The Bertz CT molecular complexity index is 1650. The molecule has 5 rings (SSSR count). The summed E-state index contributed by atoms with van der Waals surface area (Å²) < 4.78 is 7.23. The van der Waals surface area contributed by atoms with Crippen LogP contribution in [0.1, 0.15) is 51.2 Å². The second-order valence-electron chi connectivity index (χ2n) is 9.99. The van der Waals surface area contributed by atoms with E-state index in [0.29, 0.717) is 22.5 Å². The number of aliphatic hydroxyl groups is 2. The first-order chi connectivity index (χ1) is 18.6. The van der Waals surface area contributed by atoms with Crippen LogP contribution in [0.3, 0.4) is 0 Å². The fourth-order valence-electron chi connectivity index (χ4n) is 4.14. The summed E-state index contributed by atoms with van der Waals surface area (Å²) in [6.45, 7) is 6.88. The van der Waals surface area contributed by atoms with Crippen molar-refractivity contribution in [3.8, 4) is 11.5 Å². The van der Waals surface area contributed by atoms with E-state index in [-0.39, 0.29) is 35.9 Å². The van der Waals surface area contributed by atoms with Crippen molar-refractivity contribution in [2.45, 2.75) is 45.4 Å². The van der Waals surface area contributed by atoms with Gasteiger partial charge in [-0.15, -0.1) is 0 Å². The second-order valence-corrected chi connectivity index (χ2v) is 9.99. The van der Waals surface area contributed by atoms with Crippen molar-refractivity contribution in [1.82, 2.24) is 29.9 Å². The Morgan fingerprint density at radius 1 is 1.13 bits per heavy atom. The number of aliphatic hydroxyl groups excluding tert-OH is 1. The van der Waals surface area contributed by atoms with Crippen LogP contribution >= 0.6 is 0 Å². The van der Waals surface area contributed by atoms with Crippen LogP contribution in [-0.2, 0) is 5.60 Å². The fraction of sp³-hybridized carbons (Fsp3) is 0.296. The largest absolute Gasteiger partial charge is 0.394 e. The lowest BCUT2D eigenvalue weighted by Gasteiger charge is -2.19. The molecule has 0 amide bonds. The third-order valence-electron chi connectivity index (χ3n) is 6.18. The maximum atomic E-state index is 12.3. The molecular weight excluding hydrogens is 500 g/mol. The van der Waals surface area contributed by atoms with Gasteiger partial charge in [0.1, 0.15) is 17.0 Å². The molecule has 0 bridgehead atoms. The highest BCUT2D eigenvalue weighted by molar-refractivity contribution is 5.83. The number of nitrogens with zero attached hydrogens (tertiary/aromatic N) is 5. The van der Waals surface area contributed by atoms with E-state index in [4.69, 9.17) is 4.52 Å². The molecule has 0 saturated carbocycles. The van der Waals surface area contributed by atoms with Crippen LogP contribution in [0.2, 0.25) is 0 Å². The van der Waals surface area contributed by atoms with E-state index < -0.39 is 11.6 Å². The first-order valence-corrected chi connectivity index (χ1v) is 12.5. The summed E-state index contributed by atoms with van der Waals surface area (Å²) in [5.41, 5.74) is 1.23. The lowest BCUT2D eigenvalue weighted by atomic mass is 10.1. The number of aromatic amines is 1. The first kappa shape index (κ1) is 26.1.